The lowest BCUT2D eigenvalue weighted by Gasteiger charge is -2.22. The number of nitrogens with one attached hydrogen (secondary N) is 1. The summed E-state index contributed by atoms with van der Waals surface area (Å²) in [4.78, 5) is 26.5. The molecular formula is C22H28N2O3. The minimum atomic E-state index is -0.211. The second kappa shape index (κ2) is 9.76. The zero-order valence-corrected chi connectivity index (χ0v) is 16.5. The fourth-order valence-electron chi connectivity index (χ4n) is 2.83. The van der Waals surface area contributed by atoms with Crippen LogP contribution in [-0.4, -0.2) is 36.4 Å². The monoisotopic (exact) mass is 368 g/mol. The molecule has 0 fully saturated rings. The van der Waals surface area contributed by atoms with Crippen molar-refractivity contribution in [2.75, 3.05) is 25.0 Å². The molecule has 27 heavy (non-hydrogen) atoms. The third kappa shape index (κ3) is 6.13. The minimum absolute atomic E-state index is 0.0112. The van der Waals surface area contributed by atoms with Crippen LogP contribution in [0.3, 0.4) is 0 Å². The van der Waals surface area contributed by atoms with Gasteiger partial charge >= 0.3 is 0 Å². The van der Waals surface area contributed by atoms with E-state index in [0.29, 0.717) is 12.3 Å². The zero-order chi connectivity index (χ0) is 19.8. The average Bonchev–Trinajstić information content (AvgIpc) is 2.62. The van der Waals surface area contributed by atoms with Crippen LogP contribution in [-0.2, 0) is 9.59 Å². The average molecular weight is 368 g/mol. The van der Waals surface area contributed by atoms with Gasteiger partial charge in [-0.2, -0.15) is 0 Å². The van der Waals surface area contributed by atoms with Crippen LogP contribution in [0.1, 0.15) is 30.0 Å². The summed E-state index contributed by atoms with van der Waals surface area (Å²) in [5, 5.41) is 2.87. The summed E-state index contributed by atoms with van der Waals surface area (Å²) < 4.78 is 5.68. The van der Waals surface area contributed by atoms with E-state index in [9.17, 15) is 9.59 Å². The number of aryl methyl sites for hydroxylation is 3. The highest BCUT2D eigenvalue weighted by molar-refractivity contribution is 5.95. The van der Waals surface area contributed by atoms with Gasteiger partial charge in [0.2, 0.25) is 5.91 Å². The second-order valence-corrected chi connectivity index (χ2v) is 6.74. The molecule has 5 heteroatoms. The van der Waals surface area contributed by atoms with Crippen molar-refractivity contribution in [2.24, 2.45) is 0 Å². The molecule has 144 valence electrons. The first kappa shape index (κ1) is 20.5. The normalized spacial score (nSPS) is 10.4. The molecule has 2 rings (SSSR count). The Morgan fingerprint density at radius 2 is 1.78 bits per heavy atom. The van der Waals surface area contributed by atoms with Crippen molar-refractivity contribution in [3.8, 4) is 5.75 Å². The van der Waals surface area contributed by atoms with E-state index in [-0.39, 0.29) is 25.0 Å². The van der Waals surface area contributed by atoms with E-state index < -0.39 is 0 Å². The van der Waals surface area contributed by atoms with Gasteiger partial charge in [-0.3, -0.25) is 9.59 Å². The van der Waals surface area contributed by atoms with E-state index in [1.54, 1.807) is 0 Å². The van der Waals surface area contributed by atoms with Crippen molar-refractivity contribution in [1.82, 2.24) is 4.90 Å². The molecule has 0 aliphatic heterocycles. The Morgan fingerprint density at radius 1 is 1.04 bits per heavy atom. The molecule has 2 aromatic carbocycles. The van der Waals surface area contributed by atoms with Crippen LogP contribution in [0.4, 0.5) is 5.69 Å². The van der Waals surface area contributed by atoms with Crippen LogP contribution in [0.2, 0.25) is 0 Å². The SMILES string of the molecule is CCCN(CC(=O)Nc1ccccc1C)C(=O)COc1ccc(C)cc1C. The van der Waals surface area contributed by atoms with Gasteiger partial charge in [0.25, 0.3) is 5.91 Å². The number of rotatable bonds is 8. The van der Waals surface area contributed by atoms with Crippen LogP contribution in [0.25, 0.3) is 0 Å². The van der Waals surface area contributed by atoms with E-state index in [1.807, 2.05) is 70.2 Å². The van der Waals surface area contributed by atoms with Gasteiger partial charge < -0.3 is 15.0 Å². The van der Waals surface area contributed by atoms with E-state index in [1.165, 1.54) is 4.90 Å². The lowest BCUT2D eigenvalue weighted by atomic mass is 10.1. The fourth-order valence-corrected chi connectivity index (χ4v) is 2.83. The van der Waals surface area contributed by atoms with Gasteiger partial charge in [-0.05, 0) is 50.5 Å². The maximum absolute atomic E-state index is 12.6. The lowest BCUT2D eigenvalue weighted by Crippen LogP contribution is -2.41. The summed E-state index contributed by atoms with van der Waals surface area (Å²) in [6.45, 7) is 8.31. The smallest absolute Gasteiger partial charge is 0.260 e. The number of benzene rings is 2. The maximum Gasteiger partial charge on any atom is 0.260 e. The molecular weight excluding hydrogens is 340 g/mol. The summed E-state index contributed by atoms with van der Waals surface area (Å²) in [5.74, 6) is 0.282. The number of amides is 2. The Hall–Kier alpha value is -2.82. The fraction of sp³-hybridized carbons (Fsp3) is 0.364. The number of hydrogen-bond acceptors (Lipinski definition) is 3. The van der Waals surface area contributed by atoms with Crippen LogP contribution in [0.5, 0.6) is 5.75 Å². The number of ether oxygens (including phenoxy) is 1. The summed E-state index contributed by atoms with van der Waals surface area (Å²) >= 11 is 0. The van der Waals surface area contributed by atoms with Crippen LogP contribution in [0, 0.1) is 20.8 Å². The third-order valence-corrected chi connectivity index (χ3v) is 4.28. The molecule has 0 saturated heterocycles. The molecule has 0 heterocycles. The second-order valence-electron chi connectivity index (χ2n) is 6.74. The number of carbonyl (C=O) groups excluding carboxylic acids is 2. The zero-order valence-electron chi connectivity index (χ0n) is 16.5. The first-order chi connectivity index (χ1) is 12.9. The topological polar surface area (TPSA) is 58.6 Å². The molecule has 0 unspecified atom stereocenters. The molecule has 2 amide bonds. The quantitative estimate of drug-likeness (QED) is 0.769. The highest BCUT2D eigenvalue weighted by atomic mass is 16.5. The summed E-state index contributed by atoms with van der Waals surface area (Å²) in [5.41, 5.74) is 3.88. The standard InChI is InChI=1S/C22H28N2O3/c1-5-12-24(14-21(25)23-19-9-7-6-8-17(19)3)22(26)15-27-20-11-10-16(2)13-18(20)4/h6-11,13H,5,12,14-15H2,1-4H3,(H,23,25). The highest BCUT2D eigenvalue weighted by Crippen LogP contribution is 2.18. The largest absolute Gasteiger partial charge is 0.484 e. The highest BCUT2D eigenvalue weighted by Gasteiger charge is 2.18. The lowest BCUT2D eigenvalue weighted by molar-refractivity contribution is -0.136. The third-order valence-electron chi connectivity index (χ3n) is 4.28. The van der Waals surface area contributed by atoms with Gasteiger partial charge in [-0.1, -0.05) is 42.8 Å². The van der Waals surface area contributed by atoms with Crippen LogP contribution >= 0.6 is 0 Å². The van der Waals surface area contributed by atoms with Gasteiger partial charge in [0.15, 0.2) is 6.61 Å². The Bertz CT molecular complexity index is 802. The predicted molar refractivity (Wildman–Crippen MR) is 108 cm³/mol. The molecule has 5 nitrogen and oxygen atoms in total. The van der Waals surface area contributed by atoms with E-state index in [0.717, 1.165) is 28.8 Å². The Balaban J connectivity index is 1.95. The van der Waals surface area contributed by atoms with Gasteiger partial charge in [0, 0.05) is 12.2 Å². The number of nitrogens with zero attached hydrogens (tertiary/aromatic N) is 1. The summed E-state index contributed by atoms with van der Waals surface area (Å²) in [6, 6.07) is 13.4. The molecule has 0 aliphatic carbocycles. The molecule has 0 radical (unpaired) electrons. The van der Waals surface area contributed by atoms with Crippen molar-refractivity contribution in [1.29, 1.82) is 0 Å². The van der Waals surface area contributed by atoms with Crippen molar-refractivity contribution in [2.45, 2.75) is 34.1 Å². The maximum atomic E-state index is 12.6. The Labute approximate surface area is 161 Å². The van der Waals surface area contributed by atoms with Crippen molar-refractivity contribution in [3.05, 3.63) is 59.2 Å². The molecule has 0 aliphatic rings. The number of carbonyl (C=O) groups is 2. The molecule has 2 aromatic rings. The molecule has 1 N–H and O–H groups in total. The van der Waals surface area contributed by atoms with E-state index in [4.69, 9.17) is 4.74 Å². The Kier molecular flexibility index (Phi) is 7.41. The molecule has 0 bridgehead atoms. The van der Waals surface area contributed by atoms with E-state index in [2.05, 4.69) is 5.32 Å². The van der Waals surface area contributed by atoms with Crippen LogP contribution < -0.4 is 10.1 Å². The first-order valence-electron chi connectivity index (χ1n) is 9.24. The van der Waals surface area contributed by atoms with Crippen LogP contribution in [0.15, 0.2) is 42.5 Å². The van der Waals surface area contributed by atoms with E-state index >= 15 is 0 Å². The first-order valence-corrected chi connectivity index (χ1v) is 9.24. The minimum Gasteiger partial charge on any atom is -0.484 e. The van der Waals surface area contributed by atoms with Gasteiger partial charge in [-0.15, -0.1) is 0 Å². The van der Waals surface area contributed by atoms with Crippen molar-refractivity contribution in [3.63, 3.8) is 0 Å². The van der Waals surface area contributed by atoms with Gasteiger partial charge in [0.1, 0.15) is 5.75 Å². The Morgan fingerprint density at radius 3 is 2.44 bits per heavy atom. The molecule has 0 aromatic heterocycles. The van der Waals surface area contributed by atoms with Crippen molar-refractivity contribution >= 4 is 17.5 Å². The summed E-state index contributed by atoms with van der Waals surface area (Å²) in [6.07, 6.45) is 0.771. The number of para-hydroxylation sites is 1. The summed E-state index contributed by atoms with van der Waals surface area (Å²) in [7, 11) is 0. The van der Waals surface area contributed by atoms with Gasteiger partial charge in [-0.25, -0.2) is 0 Å². The molecule has 0 atom stereocenters. The number of anilines is 1. The van der Waals surface area contributed by atoms with Crippen molar-refractivity contribution < 1.29 is 14.3 Å². The predicted octanol–water partition coefficient (Wildman–Crippen LogP) is 3.87. The number of hydrogen-bond donors (Lipinski definition) is 1. The molecule has 0 saturated carbocycles. The molecule has 0 spiro atoms. The van der Waals surface area contributed by atoms with Gasteiger partial charge in [0.05, 0.1) is 6.54 Å².